The summed E-state index contributed by atoms with van der Waals surface area (Å²) < 4.78 is 0. The number of nitrogens with zero attached hydrogens (tertiary/aromatic N) is 2. The third-order valence-corrected chi connectivity index (χ3v) is 3.72. The van der Waals surface area contributed by atoms with Gasteiger partial charge in [-0.05, 0) is 25.7 Å². The third kappa shape index (κ3) is 3.04. The van der Waals surface area contributed by atoms with E-state index in [0.29, 0.717) is 24.2 Å². The highest BCUT2D eigenvalue weighted by atomic mass is 16.4. The van der Waals surface area contributed by atoms with E-state index in [1.165, 1.54) is 38.2 Å². The Labute approximate surface area is 107 Å². The maximum Gasteiger partial charge on any atom is 0.339 e. The van der Waals surface area contributed by atoms with E-state index in [1.807, 2.05) is 0 Å². The number of carbonyl (C=O) groups is 1. The minimum atomic E-state index is -0.971. The fourth-order valence-corrected chi connectivity index (χ4v) is 2.56. The molecule has 1 aromatic rings. The first-order valence-electron chi connectivity index (χ1n) is 6.44. The maximum absolute atomic E-state index is 11.0. The summed E-state index contributed by atoms with van der Waals surface area (Å²) >= 11 is 0. The van der Waals surface area contributed by atoms with Gasteiger partial charge in [-0.3, -0.25) is 0 Å². The number of carboxylic acids is 1. The van der Waals surface area contributed by atoms with Crippen LogP contribution in [0.1, 0.15) is 48.7 Å². The molecule has 1 fully saturated rings. The number of hydrogen-bond donors (Lipinski definition) is 2. The Balaban J connectivity index is 1.95. The van der Waals surface area contributed by atoms with Gasteiger partial charge in [0.1, 0.15) is 11.9 Å². The van der Waals surface area contributed by atoms with Crippen LogP contribution in [0.2, 0.25) is 0 Å². The summed E-state index contributed by atoms with van der Waals surface area (Å²) in [5.74, 6) is -0.263. The van der Waals surface area contributed by atoms with Crippen molar-refractivity contribution >= 4 is 5.97 Å². The normalized spacial score (nSPS) is 17.8. The molecule has 5 heteroatoms. The van der Waals surface area contributed by atoms with E-state index < -0.39 is 5.97 Å². The highest BCUT2D eigenvalue weighted by molar-refractivity contribution is 5.88. The molecular weight excluding hydrogens is 230 g/mol. The molecular formula is C13H19N3O2. The van der Waals surface area contributed by atoms with Crippen LogP contribution in [0.5, 0.6) is 0 Å². The minimum absolute atomic E-state index is 0.184. The summed E-state index contributed by atoms with van der Waals surface area (Å²) in [6.07, 6.45) is 7.90. The second kappa shape index (κ2) is 5.91. The molecule has 1 saturated carbocycles. The molecule has 1 aromatic heterocycles. The predicted molar refractivity (Wildman–Crippen MR) is 67.3 cm³/mol. The summed E-state index contributed by atoms with van der Waals surface area (Å²) in [7, 11) is 0. The second-order valence-corrected chi connectivity index (χ2v) is 4.90. The van der Waals surface area contributed by atoms with Crippen LogP contribution in [0, 0.1) is 5.92 Å². The zero-order valence-corrected chi connectivity index (χ0v) is 10.6. The molecule has 0 saturated heterocycles. The molecule has 0 spiro atoms. The molecule has 0 aromatic carbocycles. The number of rotatable bonds is 5. The van der Waals surface area contributed by atoms with E-state index in [2.05, 4.69) is 22.2 Å². The van der Waals surface area contributed by atoms with E-state index in [1.54, 1.807) is 0 Å². The van der Waals surface area contributed by atoms with Gasteiger partial charge in [-0.1, -0.05) is 12.8 Å². The molecule has 1 unspecified atom stereocenters. The van der Waals surface area contributed by atoms with Crippen molar-refractivity contribution in [3.8, 4) is 0 Å². The third-order valence-electron chi connectivity index (χ3n) is 3.72. The lowest BCUT2D eigenvalue weighted by atomic mass is 10.00. The van der Waals surface area contributed by atoms with Crippen LogP contribution < -0.4 is 5.32 Å². The van der Waals surface area contributed by atoms with Gasteiger partial charge >= 0.3 is 5.97 Å². The molecule has 0 radical (unpaired) electrons. The Morgan fingerprint density at radius 1 is 1.56 bits per heavy atom. The first kappa shape index (κ1) is 13.0. The maximum atomic E-state index is 11.0. The van der Waals surface area contributed by atoms with E-state index in [0.717, 1.165) is 0 Å². The van der Waals surface area contributed by atoms with Crippen LogP contribution in [0.4, 0.5) is 0 Å². The zero-order chi connectivity index (χ0) is 13.0. The topological polar surface area (TPSA) is 75.1 Å². The lowest BCUT2D eigenvalue weighted by Crippen LogP contribution is -2.32. The second-order valence-electron chi connectivity index (χ2n) is 4.90. The highest BCUT2D eigenvalue weighted by Gasteiger charge is 2.21. The van der Waals surface area contributed by atoms with Crippen molar-refractivity contribution in [3.63, 3.8) is 0 Å². The summed E-state index contributed by atoms with van der Waals surface area (Å²) in [5.41, 5.74) is 0.742. The van der Waals surface area contributed by atoms with Gasteiger partial charge in [-0.25, -0.2) is 14.8 Å². The van der Waals surface area contributed by atoms with Gasteiger partial charge in [0.05, 0.1) is 5.69 Å². The Morgan fingerprint density at radius 2 is 2.28 bits per heavy atom. The summed E-state index contributed by atoms with van der Waals surface area (Å²) in [5, 5.41) is 12.4. The molecule has 2 N–H and O–H groups in total. The van der Waals surface area contributed by atoms with Crippen molar-refractivity contribution in [2.75, 3.05) is 0 Å². The minimum Gasteiger partial charge on any atom is -0.478 e. The standard InChI is InChI=1S/C13H19N3O2/c1-9(10-4-2-3-5-10)15-7-12-11(13(17)18)6-14-8-16-12/h6,8-10,15H,2-5,7H2,1H3,(H,17,18). The van der Waals surface area contributed by atoms with Gasteiger partial charge in [0, 0.05) is 18.8 Å². The monoisotopic (exact) mass is 249 g/mol. The average molecular weight is 249 g/mol. The Morgan fingerprint density at radius 3 is 2.94 bits per heavy atom. The van der Waals surface area contributed by atoms with Gasteiger partial charge in [0.2, 0.25) is 0 Å². The van der Waals surface area contributed by atoms with E-state index >= 15 is 0 Å². The SMILES string of the molecule is CC(NCc1ncncc1C(=O)O)C1CCCC1. The molecule has 1 aliphatic rings. The molecule has 1 heterocycles. The number of hydrogen-bond acceptors (Lipinski definition) is 4. The Hall–Kier alpha value is -1.49. The smallest absolute Gasteiger partial charge is 0.339 e. The van der Waals surface area contributed by atoms with Crippen molar-refractivity contribution in [2.45, 2.75) is 45.2 Å². The van der Waals surface area contributed by atoms with Crippen molar-refractivity contribution in [3.05, 3.63) is 23.8 Å². The van der Waals surface area contributed by atoms with Crippen LogP contribution in [-0.4, -0.2) is 27.1 Å². The molecule has 0 amide bonds. The average Bonchev–Trinajstić information content (AvgIpc) is 2.90. The van der Waals surface area contributed by atoms with Crippen LogP contribution in [0.15, 0.2) is 12.5 Å². The largest absolute Gasteiger partial charge is 0.478 e. The van der Waals surface area contributed by atoms with Gasteiger partial charge in [-0.2, -0.15) is 0 Å². The van der Waals surface area contributed by atoms with Gasteiger partial charge in [0.15, 0.2) is 0 Å². The Kier molecular flexibility index (Phi) is 4.25. The van der Waals surface area contributed by atoms with E-state index in [4.69, 9.17) is 5.11 Å². The molecule has 18 heavy (non-hydrogen) atoms. The Bertz CT molecular complexity index is 416. The molecule has 0 bridgehead atoms. The fourth-order valence-electron chi connectivity index (χ4n) is 2.56. The molecule has 98 valence electrons. The fraction of sp³-hybridized carbons (Fsp3) is 0.615. The van der Waals surface area contributed by atoms with E-state index in [-0.39, 0.29) is 5.56 Å². The van der Waals surface area contributed by atoms with Crippen LogP contribution in [0.25, 0.3) is 0 Å². The summed E-state index contributed by atoms with van der Waals surface area (Å²) in [6.45, 7) is 2.65. The van der Waals surface area contributed by atoms with Crippen LogP contribution in [0.3, 0.4) is 0 Å². The lowest BCUT2D eigenvalue weighted by molar-refractivity contribution is 0.0694. The first-order valence-corrected chi connectivity index (χ1v) is 6.44. The molecule has 5 nitrogen and oxygen atoms in total. The highest BCUT2D eigenvalue weighted by Crippen LogP contribution is 2.27. The van der Waals surface area contributed by atoms with Crippen LogP contribution in [-0.2, 0) is 6.54 Å². The number of aromatic nitrogens is 2. The van der Waals surface area contributed by atoms with Gasteiger partial charge < -0.3 is 10.4 Å². The predicted octanol–water partition coefficient (Wildman–Crippen LogP) is 1.84. The van der Waals surface area contributed by atoms with E-state index in [9.17, 15) is 4.79 Å². The van der Waals surface area contributed by atoms with Crippen molar-refractivity contribution in [1.29, 1.82) is 0 Å². The summed E-state index contributed by atoms with van der Waals surface area (Å²) in [4.78, 5) is 18.8. The quantitative estimate of drug-likeness (QED) is 0.832. The van der Waals surface area contributed by atoms with Gasteiger partial charge in [0.25, 0.3) is 0 Å². The molecule has 2 rings (SSSR count). The van der Waals surface area contributed by atoms with Crippen molar-refractivity contribution < 1.29 is 9.90 Å². The zero-order valence-electron chi connectivity index (χ0n) is 10.6. The van der Waals surface area contributed by atoms with Gasteiger partial charge in [-0.15, -0.1) is 0 Å². The van der Waals surface area contributed by atoms with Crippen molar-refractivity contribution in [2.24, 2.45) is 5.92 Å². The first-order chi connectivity index (χ1) is 8.68. The molecule has 0 aliphatic heterocycles. The number of carboxylic acid groups (broad SMARTS) is 1. The van der Waals surface area contributed by atoms with Crippen molar-refractivity contribution in [1.82, 2.24) is 15.3 Å². The molecule has 1 aliphatic carbocycles. The molecule has 1 atom stereocenters. The number of nitrogens with one attached hydrogen (secondary N) is 1. The summed E-state index contributed by atoms with van der Waals surface area (Å²) in [6, 6.07) is 0.407. The lowest BCUT2D eigenvalue weighted by Gasteiger charge is -2.20. The number of aromatic carboxylic acids is 1. The van der Waals surface area contributed by atoms with Crippen LogP contribution >= 0.6 is 0 Å².